The predicted molar refractivity (Wildman–Crippen MR) is 54.6 cm³/mol. The number of ether oxygens (including phenoxy) is 2. The molecule has 1 rings (SSSR count). The van der Waals surface area contributed by atoms with Crippen molar-refractivity contribution in [3.8, 4) is 5.75 Å². The van der Waals surface area contributed by atoms with Crippen molar-refractivity contribution in [2.45, 2.75) is 13.5 Å². The topological polar surface area (TPSA) is 55.8 Å². The number of aryl methyl sites for hydroxylation is 1. The van der Waals surface area contributed by atoms with Crippen LogP contribution in [-0.2, 0) is 16.1 Å². The van der Waals surface area contributed by atoms with Gasteiger partial charge in [-0.15, -0.1) is 0 Å². The molecule has 1 aromatic carbocycles. The second kappa shape index (κ2) is 5.36. The molecule has 0 aromatic heterocycles. The third kappa shape index (κ3) is 3.25. The van der Waals surface area contributed by atoms with Crippen LogP contribution in [0.15, 0.2) is 18.2 Å². The molecule has 0 saturated heterocycles. The number of hydrogen-bond donors (Lipinski definition) is 1. The Bertz CT molecular complexity index is 346. The van der Waals surface area contributed by atoms with Crippen molar-refractivity contribution >= 4 is 5.97 Å². The molecule has 0 aliphatic carbocycles. The molecular weight excluding hydrogens is 196 g/mol. The second-order valence-electron chi connectivity index (χ2n) is 3.13. The summed E-state index contributed by atoms with van der Waals surface area (Å²) in [5.41, 5.74) is 1.70. The summed E-state index contributed by atoms with van der Waals surface area (Å²) in [6.45, 7) is 1.66. The van der Waals surface area contributed by atoms with E-state index in [0.717, 1.165) is 5.56 Å². The molecule has 0 radical (unpaired) electrons. The van der Waals surface area contributed by atoms with Gasteiger partial charge in [0, 0.05) is 5.56 Å². The van der Waals surface area contributed by atoms with E-state index >= 15 is 0 Å². The van der Waals surface area contributed by atoms with E-state index in [2.05, 4.69) is 4.74 Å². The van der Waals surface area contributed by atoms with E-state index in [0.29, 0.717) is 11.3 Å². The van der Waals surface area contributed by atoms with Crippen LogP contribution in [-0.4, -0.2) is 24.8 Å². The molecule has 1 N–H and O–H groups in total. The molecule has 0 unspecified atom stereocenters. The summed E-state index contributed by atoms with van der Waals surface area (Å²) < 4.78 is 9.64. The first-order valence-electron chi connectivity index (χ1n) is 4.57. The monoisotopic (exact) mass is 210 g/mol. The van der Waals surface area contributed by atoms with Crippen LogP contribution in [0.1, 0.15) is 11.1 Å². The first kappa shape index (κ1) is 11.5. The van der Waals surface area contributed by atoms with Gasteiger partial charge in [-0.25, -0.2) is 4.79 Å². The number of aliphatic hydroxyl groups is 1. The maximum atomic E-state index is 10.8. The minimum absolute atomic E-state index is 0.113. The highest BCUT2D eigenvalue weighted by Gasteiger charge is 2.06. The van der Waals surface area contributed by atoms with E-state index in [1.807, 2.05) is 19.1 Å². The average molecular weight is 210 g/mol. The summed E-state index contributed by atoms with van der Waals surface area (Å²) in [5, 5.41) is 9.07. The van der Waals surface area contributed by atoms with Crippen molar-refractivity contribution in [1.82, 2.24) is 0 Å². The van der Waals surface area contributed by atoms with Crippen LogP contribution >= 0.6 is 0 Å². The molecule has 0 bridgehead atoms. The molecule has 0 aliphatic rings. The summed E-state index contributed by atoms with van der Waals surface area (Å²) in [7, 11) is 1.30. The van der Waals surface area contributed by atoms with Crippen molar-refractivity contribution in [2.75, 3.05) is 13.7 Å². The molecule has 4 nitrogen and oxygen atoms in total. The lowest BCUT2D eigenvalue weighted by atomic mass is 10.1. The molecule has 0 aliphatic heterocycles. The lowest BCUT2D eigenvalue weighted by Gasteiger charge is -2.09. The zero-order chi connectivity index (χ0) is 11.3. The Hall–Kier alpha value is -1.55. The highest BCUT2D eigenvalue weighted by atomic mass is 16.6. The number of benzene rings is 1. The van der Waals surface area contributed by atoms with Crippen molar-refractivity contribution in [2.24, 2.45) is 0 Å². The zero-order valence-corrected chi connectivity index (χ0v) is 8.82. The number of aliphatic hydroxyl groups excluding tert-OH is 1. The van der Waals surface area contributed by atoms with E-state index in [1.165, 1.54) is 7.11 Å². The fourth-order valence-electron chi connectivity index (χ4n) is 1.17. The van der Waals surface area contributed by atoms with Gasteiger partial charge in [0.2, 0.25) is 0 Å². The summed E-state index contributed by atoms with van der Waals surface area (Å²) in [6.07, 6.45) is 0. The van der Waals surface area contributed by atoms with Crippen molar-refractivity contribution < 1.29 is 19.4 Å². The fourth-order valence-corrected chi connectivity index (χ4v) is 1.17. The lowest BCUT2D eigenvalue weighted by Crippen LogP contribution is -2.13. The van der Waals surface area contributed by atoms with Crippen LogP contribution in [0, 0.1) is 6.92 Å². The van der Waals surface area contributed by atoms with E-state index in [-0.39, 0.29) is 13.2 Å². The molecule has 4 heteroatoms. The molecule has 82 valence electrons. The molecule has 1 aromatic rings. The van der Waals surface area contributed by atoms with Gasteiger partial charge in [-0.05, 0) is 13.0 Å². The van der Waals surface area contributed by atoms with Crippen LogP contribution in [0.25, 0.3) is 0 Å². The van der Waals surface area contributed by atoms with Crippen LogP contribution in [0.5, 0.6) is 5.75 Å². The molecule has 0 atom stereocenters. The Morgan fingerprint density at radius 1 is 1.47 bits per heavy atom. The van der Waals surface area contributed by atoms with Gasteiger partial charge < -0.3 is 14.6 Å². The quantitative estimate of drug-likeness (QED) is 0.754. The molecular formula is C11H14O4. The van der Waals surface area contributed by atoms with Crippen LogP contribution in [0.3, 0.4) is 0 Å². The maximum Gasteiger partial charge on any atom is 0.343 e. The molecule has 15 heavy (non-hydrogen) atoms. The Kier molecular flexibility index (Phi) is 4.12. The molecule has 0 heterocycles. The summed E-state index contributed by atoms with van der Waals surface area (Å²) in [6, 6.07) is 5.39. The van der Waals surface area contributed by atoms with Crippen molar-refractivity contribution in [3.05, 3.63) is 29.3 Å². The largest absolute Gasteiger partial charge is 0.482 e. The number of methoxy groups -OCH3 is 1. The van der Waals surface area contributed by atoms with Gasteiger partial charge in [0.15, 0.2) is 6.61 Å². The second-order valence-corrected chi connectivity index (χ2v) is 3.13. The molecule has 0 saturated carbocycles. The van der Waals surface area contributed by atoms with E-state index in [4.69, 9.17) is 9.84 Å². The molecule has 0 amide bonds. The number of hydrogen-bond acceptors (Lipinski definition) is 4. The predicted octanol–water partition coefficient (Wildman–Crippen LogP) is 1.04. The highest BCUT2D eigenvalue weighted by molar-refractivity contribution is 5.70. The van der Waals surface area contributed by atoms with E-state index in [9.17, 15) is 4.79 Å². The first-order valence-corrected chi connectivity index (χ1v) is 4.57. The van der Waals surface area contributed by atoms with Gasteiger partial charge >= 0.3 is 5.97 Å². The third-order valence-corrected chi connectivity index (χ3v) is 1.96. The smallest absolute Gasteiger partial charge is 0.343 e. The average Bonchev–Trinajstić information content (AvgIpc) is 2.26. The summed E-state index contributed by atoms with van der Waals surface area (Å²) in [5.74, 6) is 0.0629. The number of esters is 1. The van der Waals surface area contributed by atoms with Crippen LogP contribution in [0.2, 0.25) is 0 Å². The van der Waals surface area contributed by atoms with Crippen molar-refractivity contribution in [1.29, 1.82) is 0 Å². The van der Waals surface area contributed by atoms with Crippen LogP contribution in [0.4, 0.5) is 0 Å². The van der Waals surface area contributed by atoms with Gasteiger partial charge in [-0.2, -0.15) is 0 Å². The first-order chi connectivity index (χ1) is 7.17. The van der Waals surface area contributed by atoms with E-state index < -0.39 is 5.97 Å². The van der Waals surface area contributed by atoms with Gasteiger partial charge in [-0.1, -0.05) is 17.7 Å². The van der Waals surface area contributed by atoms with Gasteiger partial charge in [-0.3, -0.25) is 0 Å². The minimum Gasteiger partial charge on any atom is -0.482 e. The fraction of sp³-hybridized carbons (Fsp3) is 0.364. The Morgan fingerprint density at radius 2 is 2.20 bits per heavy atom. The number of carbonyl (C=O) groups is 1. The normalized spacial score (nSPS) is 9.80. The maximum absolute atomic E-state index is 10.8. The van der Waals surface area contributed by atoms with Crippen LogP contribution < -0.4 is 4.74 Å². The van der Waals surface area contributed by atoms with E-state index in [1.54, 1.807) is 6.07 Å². The van der Waals surface area contributed by atoms with Gasteiger partial charge in [0.05, 0.1) is 13.7 Å². The zero-order valence-electron chi connectivity index (χ0n) is 8.82. The standard InChI is InChI=1S/C11H14O4/c1-8-3-4-10(9(5-8)6-12)15-7-11(13)14-2/h3-5,12H,6-7H2,1-2H3. The Labute approximate surface area is 88.4 Å². The summed E-state index contributed by atoms with van der Waals surface area (Å²) in [4.78, 5) is 10.8. The molecule has 0 spiro atoms. The minimum atomic E-state index is -0.445. The third-order valence-electron chi connectivity index (χ3n) is 1.96. The van der Waals surface area contributed by atoms with Gasteiger partial charge in [0.25, 0.3) is 0 Å². The molecule has 0 fully saturated rings. The van der Waals surface area contributed by atoms with Crippen molar-refractivity contribution in [3.63, 3.8) is 0 Å². The lowest BCUT2D eigenvalue weighted by molar-refractivity contribution is -0.142. The number of carbonyl (C=O) groups excluding carboxylic acids is 1. The highest BCUT2D eigenvalue weighted by Crippen LogP contribution is 2.19. The SMILES string of the molecule is COC(=O)COc1ccc(C)cc1CO. The Morgan fingerprint density at radius 3 is 2.80 bits per heavy atom. The van der Waals surface area contributed by atoms with Gasteiger partial charge in [0.1, 0.15) is 5.75 Å². The number of rotatable bonds is 4. The summed E-state index contributed by atoms with van der Waals surface area (Å²) >= 11 is 0. The Balaban J connectivity index is 2.72.